The van der Waals surface area contributed by atoms with Crippen molar-refractivity contribution in [2.45, 2.75) is 6.04 Å². The van der Waals surface area contributed by atoms with Gasteiger partial charge in [0.1, 0.15) is 0 Å². The van der Waals surface area contributed by atoms with E-state index in [1.165, 1.54) is 0 Å². The molecule has 1 atom stereocenters. The summed E-state index contributed by atoms with van der Waals surface area (Å²) in [7, 11) is 0. The van der Waals surface area contributed by atoms with E-state index in [2.05, 4.69) is 17.2 Å². The van der Waals surface area contributed by atoms with Crippen LogP contribution in [-0.4, -0.2) is 31.8 Å². The molecule has 2 amide bonds. The molecule has 4 nitrogen and oxygen atoms in total. The molecule has 0 aromatic rings. The molecule has 1 saturated heterocycles. The summed E-state index contributed by atoms with van der Waals surface area (Å²) in [4.78, 5) is 10.6. The molecular formula is C7H12N2O2. The Labute approximate surface area is 65.6 Å². The minimum absolute atomic E-state index is 0.113. The van der Waals surface area contributed by atoms with Crippen molar-refractivity contribution >= 4 is 6.03 Å². The maximum Gasteiger partial charge on any atom is 0.315 e. The van der Waals surface area contributed by atoms with Crippen LogP contribution in [0.1, 0.15) is 0 Å². The predicted octanol–water partition coefficient (Wildman–Crippen LogP) is -0.130. The topological polar surface area (TPSA) is 50.4 Å². The van der Waals surface area contributed by atoms with Gasteiger partial charge in [-0.25, -0.2) is 4.79 Å². The third-order valence-corrected chi connectivity index (χ3v) is 1.40. The average molecular weight is 156 g/mol. The summed E-state index contributed by atoms with van der Waals surface area (Å²) in [6.45, 7) is 5.24. The number of urea groups is 1. The van der Waals surface area contributed by atoms with Crippen LogP contribution in [0.15, 0.2) is 12.7 Å². The summed E-state index contributed by atoms with van der Waals surface area (Å²) in [5.74, 6) is 0. The first-order chi connectivity index (χ1) is 5.33. The molecule has 1 unspecified atom stereocenters. The van der Waals surface area contributed by atoms with E-state index >= 15 is 0 Å². The number of ether oxygens (including phenoxy) is 1. The van der Waals surface area contributed by atoms with Crippen molar-refractivity contribution in [2.75, 3.05) is 19.8 Å². The first kappa shape index (κ1) is 8.07. The Bertz CT molecular complexity index is 159. The molecule has 2 N–H and O–H groups in total. The molecule has 1 aliphatic rings. The average Bonchev–Trinajstić information content (AvgIpc) is 2.37. The standard InChI is InChI=1S/C7H12N2O2/c1-2-3-11-5-6-4-8-7(10)9-6/h2,6H,1,3-5H2,(H2,8,9,10). The highest BCUT2D eigenvalue weighted by Gasteiger charge is 2.18. The van der Waals surface area contributed by atoms with Crippen molar-refractivity contribution in [1.29, 1.82) is 0 Å². The highest BCUT2D eigenvalue weighted by atomic mass is 16.5. The summed E-state index contributed by atoms with van der Waals surface area (Å²) < 4.78 is 5.14. The van der Waals surface area contributed by atoms with Crippen LogP contribution in [0.4, 0.5) is 4.79 Å². The number of nitrogens with one attached hydrogen (secondary N) is 2. The Morgan fingerprint density at radius 1 is 1.82 bits per heavy atom. The Hall–Kier alpha value is -1.03. The van der Waals surface area contributed by atoms with Crippen LogP contribution < -0.4 is 10.6 Å². The highest BCUT2D eigenvalue weighted by molar-refractivity contribution is 5.76. The van der Waals surface area contributed by atoms with E-state index in [-0.39, 0.29) is 12.1 Å². The lowest BCUT2D eigenvalue weighted by Gasteiger charge is -2.06. The molecule has 1 heterocycles. The van der Waals surface area contributed by atoms with Crippen LogP contribution >= 0.6 is 0 Å². The van der Waals surface area contributed by atoms with Gasteiger partial charge in [0, 0.05) is 6.54 Å². The third-order valence-electron chi connectivity index (χ3n) is 1.40. The van der Waals surface area contributed by atoms with E-state index in [1.54, 1.807) is 6.08 Å². The number of carbonyl (C=O) groups is 1. The molecule has 0 aliphatic carbocycles. The normalized spacial score (nSPS) is 22.5. The van der Waals surface area contributed by atoms with Gasteiger partial charge in [0.25, 0.3) is 0 Å². The maximum atomic E-state index is 10.6. The van der Waals surface area contributed by atoms with E-state index in [4.69, 9.17) is 4.74 Å². The molecule has 0 spiro atoms. The SMILES string of the molecule is C=CCOCC1CNC(=O)N1. The van der Waals surface area contributed by atoms with Crippen molar-refractivity contribution in [3.63, 3.8) is 0 Å². The third kappa shape index (κ3) is 2.59. The van der Waals surface area contributed by atoms with Crippen molar-refractivity contribution in [2.24, 2.45) is 0 Å². The Balaban J connectivity index is 2.08. The summed E-state index contributed by atoms with van der Waals surface area (Å²) >= 11 is 0. The van der Waals surface area contributed by atoms with Gasteiger partial charge < -0.3 is 15.4 Å². The first-order valence-electron chi connectivity index (χ1n) is 3.56. The monoisotopic (exact) mass is 156 g/mol. The van der Waals surface area contributed by atoms with Crippen molar-refractivity contribution in [3.05, 3.63) is 12.7 Å². The van der Waals surface area contributed by atoms with E-state index in [0.717, 1.165) is 0 Å². The van der Waals surface area contributed by atoms with Crippen molar-refractivity contribution in [1.82, 2.24) is 10.6 Å². The number of hydrogen-bond donors (Lipinski definition) is 2. The van der Waals surface area contributed by atoms with Gasteiger partial charge in [-0.1, -0.05) is 6.08 Å². The molecule has 1 rings (SSSR count). The molecule has 0 saturated carbocycles. The number of carbonyl (C=O) groups excluding carboxylic acids is 1. The van der Waals surface area contributed by atoms with Crippen LogP contribution in [0.25, 0.3) is 0 Å². The van der Waals surface area contributed by atoms with Crippen LogP contribution in [0.2, 0.25) is 0 Å². The fraction of sp³-hybridized carbons (Fsp3) is 0.571. The largest absolute Gasteiger partial charge is 0.375 e. The van der Waals surface area contributed by atoms with E-state index in [9.17, 15) is 4.79 Å². The minimum Gasteiger partial charge on any atom is -0.375 e. The summed E-state index contributed by atoms with van der Waals surface area (Å²) in [5, 5.41) is 5.34. The summed E-state index contributed by atoms with van der Waals surface area (Å²) in [6, 6.07) is -0.000321. The van der Waals surface area contributed by atoms with Crippen molar-refractivity contribution < 1.29 is 9.53 Å². The Kier molecular flexibility index (Phi) is 2.92. The predicted molar refractivity (Wildman–Crippen MR) is 41.3 cm³/mol. The van der Waals surface area contributed by atoms with Crippen LogP contribution in [0.5, 0.6) is 0 Å². The highest BCUT2D eigenvalue weighted by Crippen LogP contribution is 1.91. The van der Waals surface area contributed by atoms with Gasteiger partial charge in [-0.3, -0.25) is 0 Å². The molecular weight excluding hydrogens is 144 g/mol. The zero-order valence-corrected chi connectivity index (χ0v) is 6.30. The van der Waals surface area contributed by atoms with E-state index in [0.29, 0.717) is 19.8 Å². The summed E-state index contributed by atoms with van der Waals surface area (Å²) in [5.41, 5.74) is 0. The lowest BCUT2D eigenvalue weighted by Crippen LogP contribution is -2.30. The quantitative estimate of drug-likeness (QED) is 0.440. The first-order valence-corrected chi connectivity index (χ1v) is 3.56. The fourth-order valence-corrected chi connectivity index (χ4v) is 0.898. The van der Waals surface area contributed by atoms with E-state index < -0.39 is 0 Å². The Morgan fingerprint density at radius 2 is 2.64 bits per heavy atom. The zero-order chi connectivity index (χ0) is 8.10. The van der Waals surface area contributed by atoms with Crippen LogP contribution in [0.3, 0.4) is 0 Å². The molecule has 0 bridgehead atoms. The lowest BCUT2D eigenvalue weighted by molar-refractivity contribution is 0.145. The maximum absolute atomic E-state index is 10.6. The second kappa shape index (κ2) is 3.98. The van der Waals surface area contributed by atoms with Gasteiger partial charge in [-0.2, -0.15) is 0 Å². The molecule has 0 aromatic heterocycles. The van der Waals surface area contributed by atoms with Gasteiger partial charge in [-0.05, 0) is 0 Å². The lowest BCUT2D eigenvalue weighted by atomic mass is 10.3. The van der Waals surface area contributed by atoms with Crippen LogP contribution in [-0.2, 0) is 4.74 Å². The number of rotatable bonds is 4. The fourth-order valence-electron chi connectivity index (χ4n) is 0.898. The van der Waals surface area contributed by atoms with Crippen molar-refractivity contribution in [3.8, 4) is 0 Å². The van der Waals surface area contributed by atoms with Gasteiger partial charge in [0.05, 0.1) is 19.3 Å². The molecule has 62 valence electrons. The number of hydrogen-bond acceptors (Lipinski definition) is 2. The van der Waals surface area contributed by atoms with Crippen LogP contribution in [0, 0.1) is 0 Å². The molecule has 4 heteroatoms. The zero-order valence-electron chi connectivity index (χ0n) is 6.30. The number of amides is 2. The van der Waals surface area contributed by atoms with Gasteiger partial charge in [-0.15, -0.1) is 6.58 Å². The smallest absolute Gasteiger partial charge is 0.315 e. The molecule has 1 aliphatic heterocycles. The molecule has 0 radical (unpaired) electrons. The molecule has 1 fully saturated rings. The Morgan fingerprint density at radius 3 is 3.18 bits per heavy atom. The molecule has 0 aromatic carbocycles. The van der Waals surface area contributed by atoms with E-state index in [1.807, 2.05) is 0 Å². The van der Waals surface area contributed by atoms with Gasteiger partial charge in [0.2, 0.25) is 0 Å². The molecule has 11 heavy (non-hydrogen) atoms. The second-order valence-corrected chi connectivity index (χ2v) is 2.38. The summed E-state index contributed by atoms with van der Waals surface area (Å²) in [6.07, 6.45) is 1.68. The van der Waals surface area contributed by atoms with Gasteiger partial charge >= 0.3 is 6.03 Å². The minimum atomic E-state index is -0.114. The second-order valence-electron chi connectivity index (χ2n) is 2.38. The van der Waals surface area contributed by atoms with Gasteiger partial charge in [0.15, 0.2) is 0 Å².